The fraction of sp³-hybridized carbons (Fsp3) is 0.0400. The Balaban J connectivity index is 1.44. The van der Waals surface area contributed by atoms with E-state index in [4.69, 9.17) is 39.5 Å². The van der Waals surface area contributed by atoms with Gasteiger partial charge in [-0.3, -0.25) is 4.79 Å². The number of amides is 1. The molecule has 0 spiro atoms. The molecule has 8 heteroatoms. The molecular weight excluding hydrogens is 481 g/mol. The van der Waals surface area contributed by atoms with Crippen LogP contribution in [-0.2, 0) is 6.61 Å². The highest BCUT2D eigenvalue weighted by Gasteiger charge is 2.12. The summed E-state index contributed by atoms with van der Waals surface area (Å²) >= 11 is 18.9. The minimum absolute atomic E-state index is 0.226. The fourth-order valence-electron chi connectivity index (χ4n) is 3.17. The van der Waals surface area contributed by atoms with Crippen molar-refractivity contribution in [1.82, 2.24) is 9.99 Å². The van der Waals surface area contributed by atoms with E-state index in [2.05, 4.69) is 10.5 Å². The van der Waals surface area contributed by atoms with Gasteiger partial charge in [-0.1, -0.05) is 65.1 Å². The second-order valence-electron chi connectivity index (χ2n) is 7.00. The van der Waals surface area contributed by atoms with Crippen molar-refractivity contribution in [3.63, 3.8) is 0 Å². The van der Waals surface area contributed by atoms with Gasteiger partial charge in [-0.2, -0.15) is 5.10 Å². The van der Waals surface area contributed by atoms with E-state index in [1.165, 1.54) is 6.21 Å². The highest BCUT2D eigenvalue weighted by Crippen LogP contribution is 2.34. The Morgan fingerprint density at radius 1 is 0.909 bits per heavy atom. The largest absolute Gasteiger partial charge is 0.486 e. The molecule has 33 heavy (non-hydrogen) atoms. The molecule has 0 atom stereocenters. The summed E-state index contributed by atoms with van der Waals surface area (Å²) in [5, 5.41) is 5.29. The monoisotopic (exact) mass is 497 g/mol. The maximum atomic E-state index is 12.7. The summed E-state index contributed by atoms with van der Waals surface area (Å²) in [7, 11) is 0. The molecule has 4 aromatic rings. The summed E-state index contributed by atoms with van der Waals surface area (Å²) in [6.07, 6.45) is 5.20. The van der Waals surface area contributed by atoms with Crippen molar-refractivity contribution in [3.8, 4) is 11.4 Å². The molecule has 0 radical (unpaired) electrons. The molecule has 5 nitrogen and oxygen atoms in total. The van der Waals surface area contributed by atoms with Crippen LogP contribution in [0.3, 0.4) is 0 Å². The smallest absolute Gasteiger partial charge is 0.273 e. The lowest BCUT2D eigenvalue weighted by Gasteiger charge is -2.12. The SMILES string of the molecule is O=C(N/N=C/c1cc(Cl)c(OCc2ccccc2Cl)c(Cl)c1)c1ccccc1-n1cccc1. The summed E-state index contributed by atoms with van der Waals surface area (Å²) in [6.45, 7) is 0.226. The lowest BCUT2D eigenvalue weighted by Crippen LogP contribution is -2.19. The zero-order chi connectivity index (χ0) is 23.2. The standard InChI is InChI=1S/C25H18Cl3N3O2/c26-20-9-3-1-7-18(20)16-33-24-21(27)13-17(14-22(24)28)15-29-30-25(32)19-8-2-4-10-23(19)31-11-5-6-12-31/h1-15H,16H2,(H,30,32)/b29-15+. The molecule has 0 saturated carbocycles. The molecule has 0 bridgehead atoms. The topological polar surface area (TPSA) is 55.6 Å². The summed E-state index contributed by atoms with van der Waals surface area (Å²) < 4.78 is 7.63. The number of hydrazone groups is 1. The molecule has 0 unspecified atom stereocenters. The van der Waals surface area contributed by atoms with E-state index in [0.29, 0.717) is 31.9 Å². The van der Waals surface area contributed by atoms with Crippen molar-refractivity contribution in [2.45, 2.75) is 6.61 Å². The number of carbonyl (C=O) groups excluding carboxylic acids is 1. The number of carbonyl (C=O) groups is 1. The van der Waals surface area contributed by atoms with Gasteiger partial charge in [0.15, 0.2) is 5.75 Å². The van der Waals surface area contributed by atoms with Gasteiger partial charge >= 0.3 is 0 Å². The first-order chi connectivity index (χ1) is 16.0. The molecule has 1 amide bonds. The minimum Gasteiger partial charge on any atom is -0.486 e. The van der Waals surface area contributed by atoms with Crippen LogP contribution >= 0.6 is 34.8 Å². The molecule has 166 valence electrons. The van der Waals surface area contributed by atoms with Crippen LogP contribution in [0.25, 0.3) is 5.69 Å². The van der Waals surface area contributed by atoms with E-state index in [1.807, 2.05) is 59.4 Å². The molecule has 0 fully saturated rings. The molecule has 1 aromatic heterocycles. The summed E-state index contributed by atoms with van der Waals surface area (Å²) in [4.78, 5) is 12.7. The van der Waals surface area contributed by atoms with Crippen molar-refractivity contribution in [1.29, 1.82) is 0 Å². The van der Waals surface area contributed by atoms with Gasteiger partial charge in [0.05, 0.1) is 27.5 Å². The maximum Gasteiger partial charge on any atom is 0.273 e. The van der Waals surface area contributed by atoms with Gasteiger partial charge in [-0.05, 0) is 48.0 Å². The van der Waals surface area contributed by atoms with Crippen LogP contribution in [-0.4, -0.2) is 16.7 Å². The Morgan fingerprint density at radius 3 is 2.30 bits per heavy atom. The molecule has 0 aliphatic heterocycles. The number of benzene rings is 3. The average molecular weight is 499 g/mol. The third-order valence-corrected chi connectivity index (χ3v) is 5.69. The molecule has 1 heterocycles. The first-order valence-corrected chi connectivity index (χ1v) is 11.1. The van der Waals surface area contributed by atoms with E-state index in [9.17, 15) is 4.79 Å². The van der Waals surface area contributed by atoms with Crippen LogP contribution in [0.5, 0.6) is 5.75 Å². The Bertz CT molecular complexity index is 1280. The molecule has 1 N–H and O–H groups in total. The number of hydrogen-bond donors (Lipinski definition) is 1. The first-order valence-electron chi connectivity index (χ1n) is 9.94. The number of nitrogens with zero attached hydrogens (tertiary/aromatic N) is 2. The number of hydrogen-bond acceptors (Lipinski definition) is 3. The zero-order valence-corrected chi connectivity index (χ0v) is 19.5. The van der Waals surface area contributed by atoms with Crippen LogP contribution in [0.15, 0.2) is 90.3 Å². The first kappa shape index (κ1) is 22.9. The van der Waals surface area contributed by atoms with Crippen molar-refractivity contribution < 1.29 is 9.53 Å². The van der Waals surface area contributed by atoms with Crippen LogP contribution in [0.4, 0.5) is 0 Å². The molecule has 4 rings (SSSR count). The quantitative estimate of drug-likeness (QED) is 0.225. The number of aromatic nitrogens is 1. The molecule has 0 aliphatic rings. The predicted octanol–water partition coefficient (Wildman–Crippen LogP) is 6.78. The number of nitrogens with one attached hydrogen (secondary N) is 1. The second kappa shape index (κ2) is 10.6. The highest BCUT2D eigenvalue weighted by molar-refractivity contribution is 6.37. The Morgan fingerprint density at radius 2 is 1.58 bits per heavy atom. The van der Waals surface area contributed by atoms with Crippen molar-refractivity contribution >= 4 is 46.9 Å². The number of halogens is 3. The minimum atomic E-state index is -0.340. The Kier molecular flexibility index (Phi) is 7.35. The lowest BCUT2D eigenvalue weighted by molar-refractivity contribution is 0.0955. The van der Waals surface area contributed by atoms with Crippen LogP contribution in [0.1, 0.15) is 21.5 Å². The van der Waals surface area contributed by atoms with Gasteiger partial charge in [-0.25, -0.2) is 5.43 Å². The number of ether oxygens (including phenoxy) is 1. The zero-order valence-electron chi connectivity index (χ0n) is 17.2. The van der Waals surface area contributed by atoms with Gasteiger partial charge in [0.1, 0.15) is 6.61 Å². The normalized spacial score (nSPS) is 11.0. The summed E-state index contributed by atoms with van der Waals surface area (Å²) in [6, 6.07) is 21.7. The van der Waals surface area contributed by atoms with Gasteiger partial charge in [0.25, 0.3) is 5.91 Å². The van der Waals surface area contributed by atoms with Gasteiger partial charge in [-0.15, -0.1) is 0 Å². The Hall–Kier alpha value is -3.25. The number of rotatable bonds is 7. The van der Waals surface area contributed by atoms with Gasteiger partial charge in [0, 0.05) is 23.0 Å². The van der Waals surface area contributed by atoms with Gasteiger partial charge < -0.3 is 9.30 Å². The van der Waals surface area contributed by atoms with E-state index < -0.39 is 0 Å². The van der Waals surface area contributed by atoms with Crippen LogP contribution < -0.4 is 10.2 Å². The Labute approximate surface area is 206 Å². The average Bonchev–Trinajstić information content (AvgIpc) is 3.34. The van der Waals surface area contributed by atoms with E-state index >= 15 is 0 Å². The van der Waals surface area contributed by atoms with E-state index in [1.54, 1.807) is 30.3 Å². The van der Waals surface area contributed by atoms with E-state index in [-0.39, 0.29) is 12.5 Å². The lowest BCUT2D eigenvalue weighted by atomic mass is 10.1. The molecular formula is C25H18Cl3N3O2. The van der Waals surface area contributed by atoms with Crippen LogP contribution in [0.2, 0.25) is 15.1 Å². The fourth-order valence-corrected chi connectivity index (χ4v) is 3.97. The summed E-state index contributed by atoms with van der Waals surface area (Å²) in [5.74, 6) is 0.00697. The van der Waals surface area contributed by atoms with Crippen molar-refractivity contribution in [3.05, 3.63) is 117 Å². The second-order valence-corrected chi connectivity index (χ2v) is 8.22. The van der Waals surface area contributed by atoms with Crippen molar-refractivity contribution in [2.24, 2.45) is 5.10 Å². The predicted molar refractivity (Wildman–Crippen MR) is 133 cm³/mol. The van der Waals surface area contributed by atoms with Gasteiger partial charge in [0.2, 0.25) is 0 Å². The molecule has 0 saturated heterocycles. The van der Waals surface area contributed by atoms with Crippen LogP contribution in [0, 0.1) is 0 Å². The summed E-state index contributed by atoms with van der Waals surface area (Å²) in [5.41, 5.74) is 5.21. The maximum absolute atomic E-state index is 12.7. The molecule has 0 aliphatic carbocycles. The molecule has 3 aromatic carbocycles. The third-order valence-electron chi connectivity index (χ3n) is 4.76. The third kappa shape index (κ3) is 5.57. The van der Waals surface area contributed by atoms with Crippen molar-refractivity contribution in [2.75, 3.05) is 0 Å². The van der Waals surface area contributed by atoms with E-state index in [0.717, 1.165) is 11.3 Å². The highest BCUT2D eigenvalue weighted by atomic mass is 35.5. The number of para-hydroxylation sites is 1.